The zero-order valence-electron chi connectivity index (χ0n) is 16.7. The SMILES string of the molecule is CP(C1C=CC=C1)(C1CCCCC1)(C1CCCCC1)C1CCCCC1. The van der Waals surface area contributed by atoms with Crippen LogP contribution in [0.15, 0.2) is 24.3 Å². The first-order valence-corrected chi connectivity index (χ1v) is 14.6. The van der Waals surface area contributed by atoms with Crippen molar-refractivity contribution in [1.29, 1.82) is 0 Å². The first-order chi connectivity index (χ1) is 12.2. The van der Waals surface area contributed by atoms with Crippen molar-refractivity contribution in [2.24, 2.45) is 0 Å². The summed E-state index contributed by atoms with van der Waals surface area (Å²) in [7, 11) is 0. The van der Waals surface area contributed by atoms with Crippen LogP contribution in [-0.2, 0) is 0 Å². The van der Waals surface area contributed by atoms with Gasteiger partial charge in [0.25, 0.3) is 0 Å². The second kappa shape index (κ2) is 7.50. The van der Waals surface area contributed by atoms with Gasteiger partial charge < -0.3 is 0 Å². The summed E-state index contributed by atoms with van der Waals surface area (Å²) in [5, 5.41) is 0. The van der Waals surface area contributed by atoms with E-state index in [0.717, 1.165) is 22.6 Å². The Morgan fingerprint density at radius 3 is 1.16 bits per heavy atom. The summed E-state index contributed by atoms with van der Waals surface area (Å²) in [6.45, 7) is 1.14. The van der Waals surface area contributed by atoms with Crippen LogP contribution in [0.5, 0.6) is 0 Å². The number of allylic oxidation sites excluding steroid dienone is 4. The van der Waals surface area contributed by atoms with Gasteiger partial charge in [-0.2, -0.15) is 0 Å². The fourth-order valence-electron chi connectivity index (χ4n) is 7.87. The Kier molecular flexibility index (Phi) is 5.48. The molecular formula is C24H41P. The molecule has 0 saturated heterocycles. The van der Waals surface area contributed by atoms with Gasteiger partial charge in [0.2, 0.25) is 0 Å². The second-order valence-corrected chi connectivity index (χ2v) is 16.7. The van der Waals surface area contributed by atoms with E-state index in [-0.39, 0.29) is 0 Å². The third-order valence-electron chi connectivity index (χ3n) is 9.26. The van der Waals surface area contributed by atoms with Crippen LogP contribution < -0.4 is 0 Å². The number of hydrogen-bond acceptors (Lipinski definition) is 0. The molecule has 142 valence electrons. The minimum absolute atomic E-state index is 0.834. The van der Waals surface area contributed by atoms with E-state index in [0.29, 0.717) is 0 Å². The summed E-state index contributed by atoms with van der Waals surface area (Å²) < 4.78 is 0. The van der Waals surface area contributed by atoms with Crippen molar-refractivity contribution >= 4 is 6.60 Å². The van der Waals surface area contributed by atoms with E-state index in [1.54, 1.807) is 38.5 Å². The molecule has 0 radical (unpaired) electrons. The van der Waals surface area contributed by atoms with Gasteiger partial charge in [-0.15, -0.1) is 0 Å². The van der Waals surface area contributed by atoms with Crippen molar-refractivity contribution in [1.82, 2.24) is 0 Å². The standard InChI is InChI=1S/C24H41P/c1-25(24-19-11-12-20-24,21-13-5-2-6-14-21,22-15-7-3-8-16-22)23-17-9-4-10-18-23/h11-12,19-24H,2-10,13-18H2,1H3. The monoisotopic (exact) mass is 360 g/mol. The molecule has 0 bridgehead atoms. The molecule has 0 aromatic rings. The predicted molar refractivity (Wildman–Crippen MR) is 116 cm³/mol. The van der Waals surface area contributed by atoms with Crippen LogP contribution in [0.3, 0.4) is 0 Å². The Morgan fingerprint density at radius 2 is 0.840 bits per heavy atom. The Morgan fingerprint density at radius 1 is 0.520 bits per heavy atom. The normalized spacial score (nSPS) is 29.7. The topological polar surface area (TPSA) is 0 Å². The van der Waals surface area contributed by atoms with Crippen molar-refractivity contribution in [3.8, 4) is 0 Å². The van der Waals surface area contributed by atoms with E-state index in [4.69, 9.17) is 0 Å². The van der Waals surface area contributed by atoms with Crippen molar-refractivity contribution < 1.29 is 0 Å². The molecule has 1 heteroatoms. The molecule has 4 aliphatic rings. The summed E-state index contributed by atoms with van der Waals surface area (Å²) >= 11 is 0. The van der Waals surface area contributed by atoms with Gasteiger partial charge in [0.15, 0.2) is 0 Å². The molecule has 0 nitrogen and oxygen atoms in total. The molecule has 4 rings (SSSR count). The summed E-state index contributed by atoms with van der Waals surface area (Å²) in [5.74, 6) is 0. The molecule has 0 aliphatic heterocycles. The van der Waals surface area contributed by atoms with E-state index in [9.17, 15) is 0 Å². The van der Waals surface area contributed by atoms with E-state index in [2.05, 4.69) is 31.0 Å². The average Bonchev–Trinajstić information content (AvgIpc) is 3.25. The molecule has 0 N–H and O–H groups in total. The molecule has 0 spiro atoms. The Labute approximate surface area is 156 Å². The molecule has 0 heterocycles. The van der Waals surface area contributed by atoms with Crippen LogP contribution in [-0.4, -0.2) is 29.3 Å². The summed E-state index contributed by atoms with van der Waals surface area (Å²) in [4.78, 5) is 0. The average molecular weight is 361 g/mol. The summed E-state index contributed by atoms with van der Waals surface area (Å²) in [6, 6.07) is 0. The van der Waals surface area contributed by atoms with Gasteiger partial charge in [0.05, 0.1) is 0 Å². The van der Waals surface area contributed by atoms with E-state index >= 15 is 0 Å². The van der Waals surface area contributed by atoms with Gasteiger partial charge in [0.1, 0.15) is 0 Å². The first kappa shape index (κ1) is 18.3. The van der Waals surface area contributed by atoms with Crippen molar-refractivity contribution in [3.05, 3.63) is 24.3 Å². The summed E-state index contributed by atoms with van der Waals surface area (Å²) in [5.41, 5.74) is 4.09. The van der Waals surface area contributed by atoms with Crippen LogP contribution in [0, 0.1) is 0 Å². The van der Waals surface area contributed by atoms with Crippen LogP contribution >= 0.6 is 6.60 Å². The third-order valence-corrected chi connectivity index (χ3v) is 18.8. The Bertz CT molecular complexity index is 438. The second-order valence-electron chi connectivity index (χ2n) is 10.1. The Hall–Kier alpha value is -0.0900. The fourth-order valence-corrected chi connectivity index (χ4v) is 17.6. The number of rotatable bonds is 4. The van der Waals surface area contributed by atoms with Crippen LogP contribution in [0.2, 0.25) is 0 Å². The molecular weight excluding hydrogens is 319 g/mol. The van der Waals surface area contributed by atoms with Crippen molar-refractivity contribution in [2.75, 3.05) is 6.66 Å². The van der Waals surface area contributed by atoms with Gasteiger partial charge in [-0.25, -0.2) is 0 Å². The van der Waals surface area contributed by atoms with E-state index in [1.165, 1.54) is 57.8 Å². The third kappa shape index (κ3) is 2.90. The number of hydrogen-bond donors (Lipinski definition) is 0. The zero-order valence-corrected chi connectivity index (χ0v) is 17.6. The molecule has 0 unspecified atom stereocenters. The first-order valence-electron chi connectivity index (χ1n) is 11.6. The van der Waals surface area contributed by atoms with Gasteiger partial charge in [0, 0.05) is 0 Å². The molecule has 3 saturated carbocycles. The quantitative estimate of drug-likeness (QED) is 0.451. The van der Waals surface area contributed by atoms with Crippen LogP contribution in [0.4, 0.5) is 0 Å². The van der Waals surface area contributed by atoms with Gasteiger partial charge in [-0.05, 0) is 0 Å². The van der Waals surface area contributed by atoms with Gasteiger partial charge >= 0.3 is 157 Å². The minimum atomic E-state index is -1.85. The van der Waals surface area contributed by atoms with Crippen LogP contribution in [0.25, 0.3) is 0 Å². The van der Waals surface area contributed by atoms with Crippen molar-refractivity contribution in [3.63, 3.8) is 0 Å². The summed E-state index contributed by atoms with van der Waals surface area (Å²) in [6.07, 6.45) is 33.2. The van der Waals surface area contributed by atoms with Crippen LogP contribution in [0.1, 0.15) is 96.3 Å². The maximum atomic E-state index is 2.98. The van der Waals surface area contributed by atoms with E-state index < -0.39 is 6.60 Å². The van der Waals surface area contributed by atoms with E-state index in [1.807, 2.05) is 0 Å². The molecule has 0 atom stereocenters. The molecule has 0 aromatic carbocycles. The Balaban J connectivity index is 1.82. The van der Waals surface area contributed by atoms with Crippen molar-refractivity contribution in [2.45, 2.75) is 119 Å². The maximum absolute atomic E-state index is 2.98. The molecule has 25 heavy (non-hydrogen) atoms. The molecule has 3 fully saturated rings. The molecule has 0 aromatic heterocycles. The zero-order chi connectivity index (χ0) is 17.2. The predicted octanol–water partition coefficient (Wildman–Crippen LogP) is 7.66. The van der Waals surface area contributed by atoms with Gasteiger partial charge in [-0.3, -0.25) is 0 Å². The molecule has 4 aliphatic carbocycles. The fraction of sp³-hybridized carbons (Fsp3) is 0.833. The van der Waals surface area contributed by atoms with Gasteiger partial charge in [-0.1, -0.05) is 0 Å². The molecule has 0 amide bonds.